The second-order valence-corrected chi connectivity index (χ2v) is 3.74. The average Bonchev–Trinajstić information content (AvgIpc) is 2.23. The molecule has 0 saturated heterocycles. The lowest BCUT2D eigenvalue weighted by Gasteiger charge is -2.00. The van der Waals surface area contributed by atoms with E-state index in [4.69, 9.17) is 27.6 Å². The summed E-state index contributed by atoms with van der Waals surface area (Å²) in [7, 11) is 0. The van der Waals surface area contributed by atoms with Crippen LogP contribution in [0.15, 0.2) is 27.4 Å². The minimum atomic E-state index is -1.05. The highest BCUT2D eigenvalue weighted by molar-refractivity contribution is 6.44. The molecular formula is C9H3Cl2NO4. The summed E-state index contributed by atoms with van der Waals surface area (Å²) < 4.78 is 4.75. The van der Waals surface area contributed by atoms with E-state index in [0.717, 1.165) is 6.07 Å². The van der Waals surface area contributed by atoms with Crippen molar-refractivity contribution in [3.8, 4) is 0 Å². The Bertz CT molecular complexity index is 650. The molecule has 0 amide bonds. The summed E-state index contributed by atoms with van der Waals surface area (Å²) >= 11 is 11.5. The van der Waals surface area contributed by atoms with Crippen LogP contribution in [0, 0.1) is 10.1 Å². The zero-order valence-electron chi connectivity index (χ0n) is 7.57. The number of rotatable bonds is 1. The van der Waals surface area contributed by atoms with Gasteiger partial charge >= 0.3 is 11.3 Å². The Balaban J connectivity index is 2.89. The Hall–Kier alpha value is -1.59. The maximum atomic E-state index is 11.2. The number of fused-ring (bicyclic) bond motifs is 1. The second-order valence-electron chi connectivity index (χ2n) is 2.96. The molecule has 0 aliphatic rings. The minimum Gasteiger partial charge on any atom is -0.416 e. The quantitative estimate of drug-likeness (QED) is 0.448. The fourth-order valence-electron chi connectivity index (χ4n) is 1.24. The van der Waals surface area contributed by atoms with Crippen molar-refractivity contribution in [2.75, 3.05) is 0 Å². The minimum absolute atomic E-state index is 0.0461. The fourth-order valence-corrected chi connectivity index (χ4v) is 1.60. The van der Waals surface area contributed by atoms with Crippen molar-refractivity contribution in [1.82, 2.24) is 0 Å². The normalized spacial score (nSPS) is 10.6. The molecule has 1 aromatic carbocycles. The van der Waals surface area contributed by atoms with E-state index in [1.54, 1.807) is 0 Å². The van der Waals surface area contributed by atoms with Gasteiger partial charge in [-0.3, -0.25) is 10.1 Å². The number of halogens is 2. The highest BCUT2D eigenvalue weighted by Crippen LogP contribution is 2.30. The van der Waals surface area contributed by atoms with E-state index in [0.29, 0.717) is 5.39 Å². The third-order valence-electron chi connectivity index (χ3n) is 1.97. The van der Waals surface area contributed by atoms with Crippen LogP contribution in [0.1, 0.15) is 0 Å². The first-order valence-corrected chi connectivity index (χ1v) is 4.82. The molecule has 82 valence electrons. The molecule has 0 saturated carbocycles. The first kappa shape index (κ1) is 10.9. The van der Waals surface area contributed by atoms with E-state index < -0.39 is 16.2 Å². The summed E-state index contributed by atoms with van der Waals surface area (Å²) in [4.78, 5) is 20.9. The lowest BCUT2D eigenvalue weighted by Crippen LogP contribution is -2.06. The smallest absolute Gasteiger partial charge is 0.415 e. The zero-order chi connectivity index (χ0) is 11.9. The van der Waals surface area contributed by atoms with Crippen LogP contribution in [0.3, 0.4) is 0 Å². The summed E-state index contributed by atoms with van der Waals surface area (Å²) in [5, 5.41) is 11.1. The third kappa shape index (κ3) is 1.64. The Morgan fingerprint density at radius 3 is 2.62 bits per heavy atom. The fraction of sp³-hybridized carbons (Fsp3) is 0. The molecule has 0 atom stereocenters. The maximum absolute atomic E-state index is 11.2. The van der Waals surface area contributed by atoms with Crippen LogP contribution in [-0.4, -0.2) is 4.92 Å². The Labute approximate surface area is 98.3 Å². The largest absolute Gasteiger partial charge is 0.416 e. The van der Waals surface area contributed by atoms with Crippen molar-refractivity contribution >= 4 is 39.9 Å². The van der Waals surface area contributed by atoms with Gasteiger partial charge in [0.05, 0.1) is 9.95 Å². The highest BCUT2D eigenvalue weighted by Gasteiger charge is 2.17. The molecule has 0 N–H and O–H groups in total. The number of hydrogen-bond donors (Lipinski definition) is 0. The van der Waals surface area contributed by atoms with Crippen LogP contribution in [0.25, 0.3) is 11.0 Å². The topological polar surface area (TPSA) is 73.3 Å². The van der Waals surface area contributed by atoms with Gasteiger partial charge in [-0.2, -0.15) is 0 Å². The molecule has 1 aromatic heterocycles. The third-order valence-corrected chi connectivity index (χ3v) is 2.76. The van der Waals surface area contributed by atoms with Crippen LogP contribution in [0.4, 0.5) is 5.69 Å². The summed E-state index contributed by atoms with van der Waals surface area (Å²) in [5.74, 6) is 0. The average molecular weight is 260 g/mol. The van der Waals surface area contributed by atoms with Gasteiger partial charge in [-0.05, 0) is 12.1 Å². The molecule has 0 unspecified atom stereocenters. The van der Waals surface area contributed by atoms with Crippen molar-refractivity contribution < 1.29 is 9.34 Å². The number of benzene rings is 1. The van der Waals surface area contributed by atoms with E-state index in [1.807, 2.05) is 0 Å². The molecule has 0 fully saturated rings. The van der Waals surface area contributed by atoms with Gasteiger partial charge in [0.25, 0.3) is 0 Å². The molecule has 2 aromatic rings. The van der Waals surface area contributed by atoms with Gasteiger partial charge in [-0.25, -0.2) is 4.79 Å². The summed E-state index contributed by atoms with van der Waals surface area (Å²) in [6.45, 7) is 0. The zero-order valence-corrected chi connectivity index (χ0v) is 9.08. The van der Waals surface area contributed by atoms with Crippen LogP contribution in [0.5, 0.6) is 0 Å². The standard InChI is InChI=1S/C9H3Cl2NO4/c10-5-2-1-4-3-6(12(14)15)9(13)16-8(4)7(5)11/h1-3H. The van der Waals surface area contributed by atoms with Crippen molar-refractivity contribution in [3.63, 3.8) is 0 Å². The molecule has 0 bridgehead atoms. The van der Waals surface area contributed by atoms with Crippen LogP contribution in [0.2, 0.25) is 10.0 Å². The van der Waals surface area contributed by atoms with E-state index in [1.165, 1.54) is 12.1 Å². The second kappa shape index (κ2) is 3.77. The van der Waals surface area contributed by atoms with Gasteiger partial charge in [-0.1, -0.05) is 23.2 Å². The van der Waals surface area contributed by atoms with Gasteiger partial charge in [-0.15, -0.1) is 0 Å². The molecule has 0 aliphatic heterocycles. The Kier molecular flexibility index (Phi) is 2.57. The van der Waals surface area contributed by atoms with Crippen molar-refractivity contribution in [1.29, 1.82) is 0 Å². The van der Waals surface area contributed by atoms with E-state index in [9.17, 15) is 14.9 Å². The molecule has 1 heterocycles. The lowest BCUT2D eigenvalue weighted by molar-refractivity contribution is -0.387. The molecule has 0 aliphatic carbocycles. The van der Waals surface area contributed by atoms with Gasteiger partial charge in [0.15, 0.2) is 5.58 Å². The molecular weight excluding hydrogens is 257 g/mol. The molecule has 0 spiro atoms. The van der Waals surface area contributed by atoms with Crippen LogP contribution < -0.4 is 5.63 Å². The Morgan fingerprint density at radius 2 is 2.00 bits per heavy atom. The van der Waals surface area contributed by atoms with Gasteiger partial charge < -0.3 is 4.42 Å². The van der Waals surface area contributed by atoms with E-state index in [-0.39, 0.29) is 15.6 Å². The molecule has 7 heteroatoms. The van der Waals surface area contributed by atoms with Crippen molar-refractivity contribution in [3.05, 3.63) is 48.8 Å². The first-order valence-electron chi connectivity index (χ1n) is 4.07. The Morgan fingerprint density at radius 1 is 1.31 bits per heavy atom. The summed E-state index contributed by atoms with van der Waals surface area (Å²) in [6.07, 6.45) is 0. The van der Waals surface area contributed by atoms with Crippen molar-refractivity contribution in [2.45, 2.75) is 0 Å². The number of nitrogens with zero attached hydrogens (tertiary/aromatic N) is 1. The predicted octanol–water partition coefficient (Wildman–Crippen LogP) is 3.01. The van der Waals surface area contributed by atoms with Crippen LogP contribution >= 0.6 is 23.2 Å². The summed E-state index contributed by atoms with van der Waals surface area (Å²) in [6, 6.07) is 4.05. The first-order chi connectivity index (χ1) is 7.50. The lowest BCUT2D eigenvalue weighted by atomic mass is 10.2. The molecule has 5 nitrogen and oxygen atoms in total. The van der Waals surface area contributed by atoms with Crippen molar-refractivity contribution in [2.24, 2.45) is 0 Å². The highest BCUT2D eigenvalue weighted by atomic mass is 35.5. The SMILES string of the molecule is O=c1oc2c(Cl)c(Cl)ccc2cc1[N+](=O)[O-]. The van der Waals surface area contributed by atoms with E-state index in [2.05, 4.69) is 0 Å². The van der Waals surface area contributed by atoms with E-state index >= 15 is 0 Å². The van der Waals surface area contributed by atoms with Crippen LogP contribution in [-0.2, 0) is 0 Å². The molecule has 2 rings (SSSR count). The molecule has 0 radical (unpaired) electrons. The maximum Gasteiger partial charge on any atom is 0.415 e. The van der Waals surface area contributed by atoms with Gasteiger partial charge in [0.2, 0.25) is 0 Å². The van der Waals surface area contributed by atoms with Gasteiger partial charge in [0, 0.05) is 11.5 Å². The summed E-state index contributed by atoms with van der Waals surface area (Å²) in [5.41, 5.74) is -1.64. The molecule has 16 heavy (non-hydrogen) atoms. The van der Waals surface area contributed by atoms with Gasteiger partial charge in [0.1, 0.15) is 5.02 Å². The number of hydrogen-bond acceptors (Lipinski definition) is 4. The predicted molar refractivity (Wildman–Crippen MR) is 59.2 cm³/mol. The number of nitro groups is 1. The monoisotopic (exact) mass is 259 g/mol.